The number of phosphoric acid groups is 2. The molecule has 0 heterocycles. The van der Waals surface area contributed by atoms with Crippen molar-refractivity contribution in [1.82, 2.24) is 0 Å². The van der Waals surface area contributed by atoms with Crippen LogP contribution in [-0.2, 0) is 65.4 Å². The van der Waals surface area contributed by atoms with Crippen molar-refractivity contribution in [2.75, 3.05) is 39.6 Å². The number of aliphatic hydroxyl groups excluding tert-OH is 1. The molecule has 0 aromatic rings. The average molecular weight is 1300 g/mol. The molecule has 17 nitrogen and oxygen atoms in total. The minimum absolute atomic E-state index is 0.104. The van der Waals surface area contributed by atoms with Crippen LogP contribution in [0.1, 0.15) is 344 Å². The summed E-state index contributed by atoms with van der Waals surface area (Å²) in [6.45, 7) is 11.8. The van der Waals surface area contributed by atoms with Crippen LogP contribution in [0.15, 0.2) is 0 Å². The molecule has 3 N–H and O–H groups in total. The lowest BCUT2D eigenvalue weighted by Crippen LogP contribution is -2.30. The molecule has 0 rings (SSSR count). The second-order valence-corrected chi connectivity index (χ2v) is 28.8. The molecule has 0 aromatic carbocycles. The van der Waals surface area contributed by atoms with Gasteiger partial charge >= 0.3 is 39.5 Å². The first kappa shape index (κ1) is 86.1. The standard InChI is InChI=1S/C69H134O17P2/c1-8-11-12-13-14-19-29-36-43-50-66(71)79-56-65(86-69(74)53-46-39-32-25-24-26-33-40-47-60(4)5)59-84-88(77,78)82-55-63(70)54-81-87(75,76)83-58-64(85-68(73)52-45-38-31-23-18-16-21-28-35-42-49-62(7)10-3)57-80-67(72)51-44-37-30-22-17-15-20-27-34-41-48-61(6)9-2/h60-65,70H,8-59H2,1-7H3,(H,75,76)(H,77,78)/t61?,62?,63-,64-,65-/m1/s1. The predicted octanol–water partition coefficient (Wildman–Crippen LogP) is 19.5. The van der Waals surface area contributed by atoms with Crippen LogP contribution in [-0.4, -0.2) is 96.7 Å². The van der Waals surface area contributed by atoms with Crippen molar-refractivity contribution >= 4 is 39.5 Å². The lowest BCUT2D eigenvalue weighted by molar-refractivity contribution is -0.161. The van der Waals surface area contributed by atoms with Crippen LogP contribution in [0.3, 0.4) is 0 Å². The van der Waals surface area contributed by atoms with Gasteiger partial charge in [0.2, 0.25) is 0 Å². The van der Waals surface area contributed by atoms with Gasteiger partial charge in [-0.05, 0) is 43.4 Å². The van der Waals surface area contributed by atoms with Crippen molar-refractivity contribution in [1.29, 1.82) is 0 Å². The summed E-state index contributed by atoms with van der Waals surface area (Å²) in [5.74, 6) is 0.201. The number of rotatable bonds is 67. The van der Waals surface area contributed by atoms with Gasteiger partial charge in [-0.3, -0.25) is 37.3 Å². The number of carbonyl (C=O) groups is 4. The fourth-order valence-electron chi connectivity index (χ4n) is 10.3. The van der Waals surface area contributed by atoms with Crippen molar-refractivity contribution in [3.05, 3.63) is 0 Å². The molecule has 0 saturated carbocycles. The van der Waals surface area contributed by atoms with E-state index in [1.54, 1.807) is 0 Å². The Hall–Kier alpha value is -1.94. The molecular weight excluding hydrogens is 1160 g/mol. The summed E-state index contributed by atoms with van der Waals surface area (Å²) < 4.78 is 68.2. The van der Waals surface area contributed by atoms with Gasteiger partial charge in [0.1, 0.15) is 19.3 Å². The Kier molecular flexibility index (Phi) is 58.7. The molecule has 19 heteroatoms. The number of hydrogen-bond acceptors (Lipinski definition) is 15. The van der Waals surface area contributed by atoms with Gasteiger partial charge in [-0.25, -0.2) is 9.13 Å². The number of aliphatic hydroxyl groups is 1. The highest BCUT2D eigenvalue weighted by atomic mass is 31.2. The minimum Gasteiger partial charge on any atom is -0.462 e. The molecule has 0 aliphatic carbocycles. The van der Waals surface area contributed by atoms with Crippen molar-refractivity contribution in [2.45, 2.75) is 362 Å². The van der Waals surface area contributed by atoms with E-state index in [0.717, 1.165) is 108 Å². The van der Waals surface area contributed by atoms with E-state index in [1.165, 1.54) is 154 Å². The summed E-state index contributed by atoms with van der Waals surface area (Å²) in [7, 11) is -9.90. The number of carbonyl (C=O) groups excluding carboxylic acids is 4. The molecule has 522 valence electrons. The molecule has 0 radical (unpaired) electrons. The van der Waals surface area contributed by atoms with Gasteiger partial charge in [0.25, 0.3) is 0 Å². The molecule has 0 aliphatic rings. The van der Waals surface area contributed by atoms with Gasteiger partial charge in [0.05, 0.1) is 26.4 Å². The molecule has 0 fully saturated rings. The first-order valence-electron chi connectivity index (χ1n) is 35.9. The van der Waals surface area contributed by atoms with Crippen LogP contribution < -0.4 is 0 Å². The quantitative estimate of drug-likeness (QED) is 0.0222. The lowest BCUT2D eigenvalue weighted by Gasteiger charge is -2.21. The molecule has 0 spiro atoms. The Morgan fingerprint density at radius 2 is 0.580 bits per heavy atom. The third-order valence-corrected chi connectivity index (χ3v) is 18.5. The topological polar surface area (TPSA) is 237 Å². The van der Waals surface area contributed by atoms with Gasteiger partial charge in [0, 0.05) is 25.7 Å². The summed E-state index contributed by atoms with van der Waals surface area (Å²) in [4.78, 5) is 72.5. The van der Waals surface area contributed by atoms with Gasteiger partial charge < -0.3 is 33.8 Å². The Morgan fingerprint density at radius 3 is 0.864 bits per heavy atom. The van der Waals surface area contributed by atoms with E-state index in [9.17, 15) is 43.2 Å². The van der Waals surface area contributed by atoms with E-state index < -0.39 is 97.5 Å². The van der Waals surface area contributed by atoms with Gasteiger partial charge in [-0.2, -0.15) is 0 Å². The minimum atomic E-state index is -4.95. The fourth-order valence-corrected chi connectivity index (χ4v) is 11.9. The molecule has 88 heavy (non-hydrogen) atoms. The lowest BCUT2D eigenvalue weighted by atomic mass is 9.99. The number of esters is 4. The van der Waals surface area contributed by atoms with Crippen LogP contribution in [0, 0.1) is 17.8 Å². The normalized spacial score (nSPS) is 14.9. The molecule has 0 aromatic heterocycles. The zero-order valence-electron chi connectivity index (χ0n) is 57.2. The Morgan fingerprint density at radius 1 is 0.330 bits per heavy atom. The summed E-state index contributed by atoms with van der Waals surface area (Å²) in [6, 6.07) is 0. The van der Waals surface area contributed by atoms with Crippen molar-refractivity contribution in [3.8, 4) is 0 Å². The number of hydrogen-bond donors (Lipinski definition) is 3. The highest BCUT2D eigenvalue weighted by Crippen LogP contribution is 2.45. The largest absolute Gasteiger partial charge is 0.472 e. The van der Waals surface area contributed by atoms with Crippen LogP contribution in [0.5, 0.6) is 0 Å². The van der Waals surface area contributed by atoms with Crippen molar-refractivity contribution < 1.29 is 80.2 Å². The highest BCUT2D eigenvalue weighted by Gasteiger charge is 2.30. The number of ether oxygens (including phenoxy) is 4. The van der Waals surface area contributed by atoms with Gasteiger partial charge in [-0.15, -0.1) is 0 Å². The first-order valence-corrected chi connectivity index (χ1v) is 38.9. The molecular formula is C69H134O17P2. The van der Waals surface area contributed by atoms with Crippen LogP contribution in [0.2, 0.25) is 0 Å². The van der Waals surface area contributed by atoms with E-state index in [2.05, 4.69) is 48.5 Å². The van der Waals surface area contributed by atoms with E-state index in [1.807, 2.05) is 0 Å². The Bertz CT molecular complexity index is 1740. The van der Waals surface area contributed by atoms with Crippen LogP contribution in [0.25, 0.3) is 0 Å². The fraction of sp³-hybridized carbons (Fsp3) is 0.942. The summed E-state index contributed by atoms with van der Waals surface area (Å²) in [6.07, 6.45) is 42.9. The summed E-state index contributed by atoms with van der Waals surface area (Å²) in [5, 5.41) is 10.6. The predicted molar refractivity (Wildman–Crippen MR) is 354 cm³/mol. The van der Waals surface area contributed by atoms with Crippen LogP contribution in [0.4, 0.5) is 0 Å². The second kappa shape index (κ2) is 60.0. The van der Waals surface area contributed by atoms with E-state index in [4.69, 9.17) is 37.0 Å². The Balaban J connectivity index is 5.26. The second-order valence-electron chi connectivity index (χ2n) is 25.9. The molecule has 4 unspecified atom stereocenters. The molecule has 0 aliphatic heterocycles. The van der Waals surface area contributed by atoms with Crippen LogP contribution >= 0.6 is 15.6 Å². The third-order valence-electron chi connectivity index (χ3n) is 16.6. The highest BCUT2D eigenvalue weighted by molar-refractivity contribution is 7.47. The summed E-state index contributed by atoms with van der Waals surface area (Å²) in [5.41, 5.74) is 0. The smallest absolute Gasteiger partial charge is 0.462 e. The SMILES string of the molecule is CCCCCCCCCCCC(=O)OC[C@H](COP(=O)(O)OC[C@H](O)COP(=O)(O)OC[C@@H](COC(=O)CCCCCCCCCCCCC(C)CC)OC(=O)CCCCCCCCCCCCC(C)CC)OC(=O)CCCCCCCCCCC(C)C. The molecule has 0 amide bonds. The van der Waals surface area contributed by atoms with Gasteiger partial charge in [0.15, 0.2) is 12.2 Å². The molecule has 0 bridgehead atoms. The number of phosphoric ester groups is 2. The third kappa shape index (κ3) is 60.3. The van der Waals surface area contributed by atoms with Gasteiger partial charge in [-0.1, -0.05) is 292 Å². The maximum absolute atomic E-state index is 13.0. The van der Waals surface area contributed by atoms with E-state index in [0.29, 0.717) is 25.7 Å². The zero-order chi connectivity index (χ0) is 65.2. The maximum atomic E-state index is 13.0. The molecule has 7 atom stereocenters. The monoisotopic (exact) mass is 1300 g/mol. The molecule has 0 saturated heterocycles. The van der Waals surface area contributed by atoms with E-state index in [-0.39, 0.29) is 25.7 Å². The first-order chi connectivity index (χ1) is 42.3. The average Bonchev–Trinajstić information content (AvgIpc) is 3.58. The van der Waals surface area contributed by atoms with Crippen molar-refractivity contribution in [3.63, 3.8) is 0 Å². The van der Waals surface area contributed by atoms with Crippen molar-refractivity contribution in [2.24, 2.45) is 17.8 Å². The summed E-state index contributed by atoms with van der Waals surface area (Å²) >= 11 is 0. The zero-order valence-corrected chi connectivity index (χ0v) is 59.0. The maximum Gasteiger partial charge on any atom is 0.472 e. The van der Waals surface area contributed by atoms with E-state index >= 15 is 0 Å². The Labute approximate surface area is 537 Å². The number of unbranched alkanes of at least 4 members (excludes halogenated alkanes) is 33.